The van der Waals surface area contributed by atoms with Crippen LogP contribution in [0.3, 0.4) is 0 Å². The number of β-amino-alcohol motifs (C(OH)–C–C–N with tert-alkyl or cyclic N) is 1. The van der Waals surface area contributed by atoms with Crippen LogP contribution in [0.1, 0.15) is 120 Å². The molecule has 0 spiro atoms. The molecule has 3 aromatic heterocycles. The Morgan fingerprint density at radius 1 is 0.921 bits per heavy atom. The van der Waals surface area contributed by atoms with Crippen molar-refractivity contribution in [2.24, 2.45) is 5.41 Å². The quantitative estimate of drug-likeness (QED) is 0.0726. The van der Waals surface area contributed by atoms with Gasteiger partial charge in [-0.3, -0.25) is 9.59 Å². The number of likely N-dealkylation sites (tertiary alicyclic amines) is 3. The van der Waals surface area contributed by atoms with E-state index in [-0.39, 0.29) is 43.9 Å². The van der Waals surface area contributed by atoms with Gasteiger partial charge in [0.1, 0.15) is 23.4 Å². The van der Waals surface area contributed by atoms with Crippen molar-refractivity contribution in [3.63, 3.8) is 0 Å². The van der Waals surface area contributed by atoms with Crippen LogP contribution in [0, 0.1) is 17.8 Å². The number of rotatable bonds is 13. The van der Waals surface area contributed by atoms with Crippen LogP contribution in [0.2, 0.25) is 0 Å². The number of aromatic hydroxyl groups is 1. The second kappa shape index (κ2) is 22.5. The van der Waals surface area contributed by atoms with Crippen LogP contribution in [0.5, 0.6) is 5.75 Å². The van der Waals surface area contributed by atoms with E-state index in [1.165, 1.54) is 4.90 Å². The van der Waals surface area contributed by atoms with Gasteiger partial charge >= 0.3 is 12.1 Å². The number of carbonyl (C=O) groups is 4. The summed E-state index contributed by atoms with van der Waals surface area (Å²) in [5, 5.41) is 40.0. The number of carbonyl (C=O) groups excluding carboxylic acids is 4. The van der Waals surface area contributed by atoms with Gasteiger partial charge < -0.3 is 55.5 Å². The zero-order valence-corrected chi connectivity index (χ0v) is 44.5. The summed E-state index contributed by atoms with van der Waals surface area (Å²) in [4.78, 5) is 76.6. The third-order valence-electron chi connectivity index (χ3n) is 15.7. The topological polar surface area (TPSA) is 234 Å². The number of hydrogen-bond donors (Lipinski definition) is 6. The molecule has 0 bridgehead atoms. The van der Waals surface area contributed by atoms with Gasteiger partial charge in [-0.15, -0.1) is 16.6 Å². The van der Waals surface area contributed by atoms with Crippen LogP contribution in [0.25, 0.3) is 22.3 Å². The lowest BCUT2D eigenvalue weighted by Gasteiger charge is -2.43. The lowest BCUT2D eigenvalue weighted by molar-refractivity contribution is -0.142. The molecule has 0 aliphatic carbocycles. The van der Waals surface area contributed by atoms with Gasteiger partial charge in [0.25, 0.3) is 0 Å². The van der Waals surface area contributed by atoms with E-state index in [1.807, 2.05) is 56.6 Å². The van der Waals surface area contributed by atoms with E-state index in [0.717, 1.165) is 85.2 Å². The summed E-state index contributed by atoms with van der Waals surface area (Å²) in [7, 11) is 0. The van der Waals surface area contributed by atoms with Crippen molar-refractivity contribution in [2.75, 3.05) is 50.7 Å². The highest BCUT2D eigenvalue weighted by atomic mass is 16.6. The number of phenolic OH excluding ortho intramolecular Hbond substituents is 1. The molecule has 0 radical (unpaired) electrons. The van der Waals surface area contributed by atoms with Gasteiger partial charge in [-0.2, -0.15) is 0 Å². The number of aliphatic hydroxyl groups is 1. The molecule has 9 rings (SSSR count). The minimum absolute atomic E-state index is 0.0190. The highest BCUT2D eigenvalue weighted by Crippen LogP contribution is 2.39. The number of aliphatic hydroxyl groups excluding tert-OH is 1. The van der Waals surface area contributed by atoms with E-state index in [9.17, 15) is 29.4 Å². The molecule has 4 aliphatic heterocycles. The zero-order valence-electron chi connectivity index (χ0n) is 44.5. The number of aromatic amines is 1. The molecule has 19 heteroatoms. The zero-order chi connectivity index (χ0) is 53.9. The van der Waals surface area contributed by atoms with E-state index in [1.54, 1.807) is 49.9 Å². The molecule has 0 unspecified atom stereocenters. The maximum Gasteiger partial charge on any atom is 0.407 e. The van der Waals surface area contributed by atoms with Crippen LogP contribution < -0.4 is 20.9 Å². The fourth-order valence-electron chi connectivity index (χ4n) is 11.4. The van der Waals surface area contributed by atoms with E-state index in [0.29, 0.717) is 54.2 Å². The second-order valence-corrected chi connectivity index (χ2v) is 22.5. The van der Waals surface area contributed by atoms with Gasteiger partial charge in [-0.1, -0.05) is 44.0 Å². The number of benzene rings is 2. The number of alkyl carbamates (subject to hydrolysis) is 1. The number of terminal acetylenes is 1. The first-order chi connectivity index (χ1) is 36.3. The number of hydrogen-bond acceptors (Lipinski definition) is 13. The Morgan fingerprint density at radius 3 is 2.32 bits per heavy atom. The van der Waals surface area contributed by atoms with Crippen molar-refractivity contribution in [1.29, 1.82) is 0 Å². The number of ether oxygens (including phenoxy) is 1. The van der Waals surface area contributed by atoms with Crippen molar-refractivity contribution in [2.45, 2.75) is 135 Å². The van der Waals surface area contributed by atoms with Gasteiger partial charge in [-0.25, -0.2) is 19.6 Å². The number of aromatic nitrogens is 5. The molecular formula is C57H72N12O7. The van der Waals surface area contributed by atoms with E-state index in [2.05, 4.69) is 53.8 Å². The summed E-state index contributed by atoms with van der Waals surface area (Å²) < 4.78 is 5.44. The van der Waals surface area contributed by atoms with Gasteiger partial charge in [-0.05, 0) is 126 Å². The van der Waals surface area contributed by atoms with Crippen LogP contribution in [0.4, 0.5) is 15.5 Å². The van der Waals surface area contributed by atoms with Gasteiger partial charge in [0.2, 0.25) is 17.8 Å². The van der Waals surface area contributed by atoms with Crippen molar-refractivity contribution in [3.8, 4) is 29.4 Å². The average Bonchev–Trinajstić information content (AvgIpc) is 4.01. The standard InChI is InChI=1S/C57H72N12O7/c1-8-36-13-15-37(16-14-36)31-59-51(72)46-29-41(70)34-69(46)52(73)49(57(6,7)22-23-58-55(75)76-56(3,4)5)63-54(74)67-26-19-40(20-27-67)66-24-17-38(18-25-66)39-32-60-53(61-33-39)68-28-21-44-48(35(68)2)43-30-45(64-65-50(43)62-44)42-11-9-10-12-47(42)71/h1,9-16,30,32-33,35,38,40-41,46,49,70-71H,17-29,31,34H2,2-7H3,(H,58,75)(H,59,72)(H,62,65)(H,63,74)/t35-,41-,46+,49-/m1/s1. The van der Waals surface area contributed by atoms with Crippen molar-refractivity contribution in [1.82, 2.24) is 55.8 Å². The van der Waals surface area contributed by atoms with Crippen LogP contribution in [-0.4, -0.2) is 150 Å². The fraction of sp³-hybridized carbons (Fsp3) is 0.509. The first kappa shape index (κ1) is 53.5. The SMILES string of the molecule is C#Cc1ccc(CNC(=O)[C@@H]2C[C@@H](O)CN2C(=O)[C@@H](NC(=O)N2CCC(N3CCC(c4cnc(N5CCc6[nH]c7nnc(-c8ccccc8O)cc7c6[C@H]5C)nc4)CC3)CC2)C(C)(C)CCNC(=O)OC(C)(C)C)cc1. The van der Waals surface area contributed by atoms with Crippen LogP contribution >= 0.6 is 0 Å². The molecule has 7 heterocycles. The van der Waals surface area contributed by atoms with Crippen molar-refractivity contribution in [3.05, 3.63) is 94.9 Å². The molecule has 5 amide bonds. The second-order valence-electron chi connectivity index (χ2n) is 22.5. The Bertz CT molecular complexity index is 2930. The van der Waals surface area contributed by atoms with E-state index < -0.39 is 47.1 Å². The summed E-state index contributed by atoms with van der Waals surface area (Å²) in [5.41, 5.74) is 5.29. The maximum absolute atomic E-state index is 14.8. The predicted molar refractivity (Wildman–Crippen MR) is 288 cm³/mol. The molecule has 4 aliphatic rings. The Kier molecular flexibility index (Phi) is 15.8. The average molecular weight is 1040 g/mol. The first-order valence-electron chi connectivity index (χ1n) is 26.7. The number of nitrogens with zero attached hydrogens (tertiary/aromatic N) is 8. The smallest absolute Gasteiger partial charge is 0.407 e. The van der Waals surface area contributed by atoms with E-state index >= 15 is 0 Å². The molecule has 19 nitrogen and oxygen atoms in total. The van der Waals surface area contributed by atoms with E-state index in [4.69, 9.17) is 21.1 Å². The molecule has 402 valence electrons. The minimum Gasteiger partial charge on any atom is -0.507 e. The molecule has 3 fully saturated rings. The Balaban J connectivity index is 0.795. The lowest BCUT2D eigenvalue weighted by atomic mass is 9.80. The molecule has 4 atom stereocenters. The van der Waals surface area contributed by atoms with Gasteiger partial charge in [0.05, 0.1) is 17.8 Å². The van der Waals surface area contributed by atoms with Gasteiger partial charge in [0, 0.05) is 98.3 Å². The number of nitrogens with one attached hydrogen (secondary N) is 4. The monoisotopic (exact) mass is 1040 g/mol. The summed E-state index contributed by atoms with van der Waals surface area (Å²) in [6, 6.07) is 14.2. The summed E-state index contributed by atoms with van der Waals surface area (Å²) in [6.07, 6.45) is 12.6. The Hall–Kier alpha value is -7.30. The Labute approximate surface area is 444 Å². The maximum atomic E-state index is 14.8. The predicted octanol–water partition coefficient (Wildman–Crippen LogP) is 6.17. The third-order valence-corrected chi connectivity index (χ3v) is 15.7. The number of amides is 5. The van der Waals surface area contributed by atoms with Crippen molar-refractivity contribution < 1.29 is 34.1 Å². The summed E-state index contributed by atoms with van der Waals surface area (Å²) >= 11 is 0. The molecule has 2 aromatic carbocycles. The number of piperidine rings is 2. The molecule has 0 saturated carbocycles. The molecule has 76 heavy (non-hydrogen) atoms. The summed E-state index contributed by atoms with van der Waals surface area (Å²) in [5.74, 6) is 2.85. The number of anilines is 1. The number of fused-ring (bicyclic) bond motifs is 3. The number of urea groups is 1. The highest BCUT2D eigenvalue weighted by molar-refractivity contribution is 5.93. The third kappa shape index (κ3) is 12.0. The fourth-order valence-corrected chi connectivity index (χ4v) is 11.4. The molecule has 3 saturated heterocycles. The molecular weight excluding hydrogens is 965 g/mol. The van der Waals surface area contributed by atoms with Crippen LogP contribution in [-0.2, 0) is 27.3 Å². The lowest BCUT2D eigenvalue weighted by Crippen LogP contribution is -2.61. The van der Waals surface area contributed by atoms with Gasteiger partial charge in [0.15, 0.2) is 5.65 Å². The van der Waals surface area contributed by atoms with Crippen molar-refractivity contribution >= 4 is 40.9 Å². The number of phenols is 1. The number of H-pyrrole nitrogens is 1. The normalized spacial score (nSPS) is 20.2. The minimum atomic E-state index is -1.09. The van der Waals surface area contributed by atoms with Crippen LogP contribution in [0.15, 0.2) is 67.0 Å². The largest absolute Gasteiger partial charge is 0.507 e. The summed E-state index contributed by atoms with van der Waals surface area (Å²) in [6.45, 7) is 15.1. The number of para-hydroxylation sites is 1. The molecule has 6 N–H and O–H groups in total. The Morgan fingerprint density at radius 2 is 1.63 bits per heavy atom. The highest BCUT2D eigenvalue weighted by Gasteiger charge is 2.46. The first-order valence-corrected chi connectivity index (χ1v) is 26.7. The molecule has 5 aromatic rings.